The van der Waals surface area contributed by atoms with Crippen molar-refractivity contribution in [3.05, 3.63) is 62.0 Å². The molecule has 0 saturated heterocycles. The van der Waals surface area contributed by atoms with Gasteiger partial charge in [-0.2, -0.15) is 0 Å². The molecular weight excluding hydrogens is 445 g/mol. The Bertz CT molecular complexity index is 1250. The Kier molecular flexibility index (Phi) is 7.80. The van der Waals surface area contributed by atoms with Crippen LogP contribution in [0.5, 0.6) is 0 Å². The number of aromatic nitrogens is 3. The molecule has 2 aromatic heterocycles. The van der Waals surface area contributed by atoms with Gasteiger partial charge in [-0.3, -0.25) is 19.1 Å². The molecule has 0 bridgehead atoms. The molecule has 0 aliphatic heterocycles. The van der Waals surface area contributed by atoms with Gasteiger partial charge in [-0.05, 0) is 24.5 Å². The summed E-state index contributed by atoms with van der Waals surface area (Å²) >= 11 is 1.31. The molecule has 176 valence electrons. The average Bonchev–Trinajstić information content (AvgIpc) is 3.21. The number of benzene rings is 1. The van der Waals surface area contributed by atoms with Crippen molar-refractivity contribution >= 4 is 28.7 Å². The number of carbonyl (C=O) groups excluding carboxylic acids is 1. The number of nitrogen functional groups attached to an aromatic ring is 1. The Balaban J connectivity index is 1.94. The molecule has 0 aliphatic rings. The molecule has 3 aromatic rings. The highest BCUT2D eigenvalue weighted by Gasteiger charge is 2.25. The van der Waals surface area contributed by atoms with Gasteiger partial charge in [-0.1, -0.05) is 39.3 Å². The Labute approximate surface area is 194 Å². The van der Waals surface area contributed by atoms with Gasteiger partial charge in [-0.25, -0.2) is 14.2 Å². The van der Waals surface area contributed by atoms with Gasteiger partial charge >= 0.3 is 5.69 Å². The summed E-state index contributed by atoms with van der Waals surface area (Å²) in [6.07, 6.45) is 1.48. The Morgan fingerprint density at radius 3 is 2.76 bits per heavy atom. The molecule has 0 aliphatic carbocycles. The zero-order chi connectivity index (χ0) is 24.1. The summed E-state index contributed by atoms with van der Waals surface area (Å²) in [4.78, 5) is 46.4. The van der Waals surface area contributed by atoms with Gasteiger partial charge < -0.3 is 10.6 Å². The summed E-state index contributed by atoms with van der Waals surface area (Å²) in [6.45, 7) is 6.41. The number of anilines is 2. The maximum absolute atomic E-state index is 13.5. The molecule has 2 heterocycles. The third-order valence-corrected chi connectivity index (χ3v) is 5.96. The SMILES string of the molecule is CCCCn1c(N)c(N(CC(C)C)C(=O)Cc2csc(-c3cccc(F)c3)n2)c(=O)[nH]c1=O. The van der Waals surface area contributed by atoms with E-state index in [1.807, 2.05) is 20.8 Å². The number of hydrogen-bond donors (Lipinski definition) is 2. The number of unbranched alkanes of at least 4 members (excludes halogenated alkanes) is 1. The molecule has 0 fully saturated rings. The molecule has 3 rings (SSSR count). The number of hydrogen-bond acceptors (Lipinski definition) is 6. The Morgan fingerprint density at radius 1 is 1.33 bits per heavy atom. The number of H-pyrrole nitrogens is 1. The third kappa shape index (κ3) is 5.75. The van der Waals surface area contributed by atoms with E-state index >= 15 is 0 Å². The number of nitrogens with zero attached hydrogens (tertiary/aromatic N) is 3. The van der Waals surface area contributed by atoms with E-state index in [2.05, 4.69) is 9.97 Å². The monoisotopic (exact) mass is 473 g/mol. The second-order valence-corrected chi connectivity index (χ2v) is 9.09. The molecule has 8 nitrogen and oxygen atoms in total. The molecule has 1 amide bonds. The molecule has 1 aromatic carbocycles. The first-order valence-electron chi connectivity index (χ1n) is 10.8. The normalized spacial score (nSPS) is 11.2. The summed E-state index contributed by atoms with van der Waals surface area (Å²) in [6, 6.07) is 6.09. The Hall–Kier alpha value is -3.27. The summed E-state index contributed by atoms with van der Waals surface area (Å²) in [5, 5.41) is 2.33. The maximum Gasteiger partial charge on any atom is 0.330 e. The van der Waals surface area contributed by atoms with Crippen molar-refractivity contribution in [3.63, 3.8) is 0 Å². The smallest absolute Gasteiger partial charge is 0.330 e. The number of halogens is 1. The lowest BCUT2D eigenvalue weighted by atomic mass is 10.1. The lowest BCUT2D eigenvalue weighted by Gasteiger charge is -2.26. The van der Waals surface area contributed by atoms with Crippen LogP contribution in [0.4, 0.5) is 15.9 Å². The zero-order valence-electron chi connectivity index (χ0n) is 18.9. The lowest BCUT2D eigenvalue weighted by molar-refractivity contribution is -0.118. The van der Waals surface area contributed by atoms with Crippen LogP contribution in [0, 0.1) is 11.7 Å². The van der Waals surface area contributed by atoms with Crippen LogP contribution in [0.3, 0.4) is 0 Å². The number of nitrogens with one attached hydrogen (secondary N) is 1. The number of rotatable bonds is 9. The second-order valence-electron chi connectivity index (χ2n) is 8.23. The number of carbonyl (C=O) groups is 1. The van der Waals surface area contributed by atoms with Gasteiger partial charge in [-0.15, -0.1) is 11.3 Å². The van der Waals surface area contributed by atoms with E-state index in [0.29, 0.717) is 29.2 Å². The number of nitrogens with two attached hydrogens (primary N) is 1. The van der Waals surface area contributed by atoms with E-state index in [1.165, 1.54) is 32.9 Å². The quantitative estimate of drug-likeness (QED) is 0.494. The fourth-order valence-electron chi connectivity index (χ4n) is 3.45. The van der Waals surface area contributed by atoms with Crippen molar-refractivity contribution < 1.29 is 9.18 Å². The first-order chi connectivity index (χ1) is 15.7. The molecule has 3 N–H and O–H groups in total. The largest absolute Gasteiger partial charge is 0.383 e. The first-order valence-corrected chi connectivity index (χ1v) is 11.7. The molecule has 0 unspecified atom stereocenters. The van der Waals surface area contributed by atoms with Crippen molar-refractivity contribution in [2.75, 3.05) is 17.2 Å². The van der Waals surface area contributed by atoms with Crippen molar-refractivity contribution in [1.82, 2.24) is 14.5 Å². The van der Waals surface area contributed by atoms with Gasteiger partial charge in [0.15, 0.2) is 5.69 Å². The third-order valence-electron chi connectivity index (χ3n) is 5.02. The van der Waals surface area contributed by atoms with Crippen LogP contribution in [-0.4, -0.2) is 27.0 Å². The van der Waals surface area contributed by atoms with Gasteiger partial charge in [0.05, 0.1) is 12.1 Å². The predicted octanol–water partition coefficient (Wildman–Crippen LogP) is 3.41. The van der Waals surface area contributed by atoms with Gasteiger partial charge in [0.2, 0.25) is 5.91 Å². The van der Waals surface area contributed by atoms with Crippen LogP contribution in [-0.2, 0) is 17.8 Å². The van der Waals surface area contributed by atoms with Crippen LogP contribution < -0.4 is 21.9 Å². The van der Waals surface area contributed by atoms with Crippen molar-refractivity contribution in [2.24, 2.45) is 5.92 Å². The van der Waals surface area contributed by atoms with Crippen molar-refractivity contribution in [2.45, 2.75) is 46.6 Å². The van der Waals surface area contributed by atoms with Gasteiger partial charge in [0.1, 0.15) is 16.6 Å². The summed E-state index contributed by atoms with van der Waals surface area (Å²) in [5.41, 5.74) is 6.05. The minimum atomic E-state index is -0.696. The van der Waals surface area contributed by atoms with Crippen LogP contribution in [0.25, 0.3) is 10.6 Å². The van der Waals surface area contributed by atoms with Crippen LogP contribution in [0.2, 0.25) is 0 Å². The van der Waals surface area contributed by atoms with Crippen molar-refractivity contribution in [1.29, 1.82) is 0 Å². The van der Waals surface area contributed by atoms with E-state index in [0.717, 1.165) is 6.42 Å². The van der Waals surface area contributed by atoms with E-state index in [-0.39, 0.29) is 42.1 Å². The zero-order valence-corrected chi connectivity index (χ0v) is 19.7. The van der Waals surface area contributed by atoms with Crippen molar-refractivity contribution in [3.8, 4) is 10.6 Å². The van der Waals surface area contributed by atoms with Crippen LogP contribution >= 0.6 is 11.3 Å². The van der Waals surface area contributed by atoms with Crippen LogP contribution in [0.15, 0.2) is 39.2 Å². The number of amides is 1. The highest BCUT2D eigenvalue weighted by Crippen LogP contribution is 2.25. The highest BCUT2D eigenvalue weighted by atomic mass is 32.1. The second kappa shape index (κ2) is 10.6. The Morgan fingerprint density at radius 2 is 2.09 bits per heavy atom. The molecule has 0 saturated carbocycles. The highest BCUT2D eigenvalue weighted by molar-refractivity contribution is 7.13. The minimum absolute atomic E-state index is 0.0232. The van der Waals surface area contributed by atoms with Gasteiger partial charge in [0.25, 0.3) is 5.56 Å². The molecule has 0 spiro atoms. The van der Waals surface area contributed by atoms with E-state index in [9.17, 15) is 18.8 Å². The molecular formula is C23H28FN5O3S. The van der Waals surface area contributed by atoms with Gasteiger partial charge in [0, 0.05) is 24.0 Å². The van der Waals surface area contributed by atoms with E-state index < -0.39 is 11.2 Å². The maximum atomic E-state index is 13.5. The summed E-state index contributed by atoms with van der Waals surface area (Å²) in [5.74, 6) is -0.707. The molecule has 33 heavy (non-hydrogen) atoms. The summed E-state index contributed by atoms with van der Waals surface area (Å²) < 4.78 is 14.8. The fourth-order valence-corrected chi connectivity index (χ4v) is 4.27. The molecule has 0 atom stereocenters. The summed E-state index contributed by atoms with van der Waals surface area (Å²) in [7, 11) is 0. The molecule has 0 radical (unpaired) electrons. The lowest BCUT2D eigenvalue weighted by Crippen LogP contribution is -2.43. The standard InChI is InChI=1S/C23H28FN5O3S/c1-4-5-9-28-20(25)19(21(31)27-23(28)32)29(12-14(2)3)18(30)11-17-13-33-22(26-17)15-7-6-8-16(24)10-15/h6-8,10,13-14H,4-5,9,11-12,25H2,1-3H3,(H,27,31,32). The van der Waals surface area contributed by atoms with E-state index in [4.69, 9.17) is 5.73 Å². The fraction of sp³-hybridized carbons (Fsp3) is 0.391. The number of aromatic amines is 1. The minimum Gasteiger partial charge on any atom is -0.383 e. The van der Waals surface area contributed by atoms with E-state index in [1.54, 1.807) is 17.5 Å². The average molecular weight is 474 g/mol. The predicted molar refractivity (Wildman–Crippen MR) is 129 cm³/mol. The number of thiazole rings is 1. The molecule has 10 heteroatoms. The first kappa shape index (κ1) is 24.4. The van der Waals surface area contributed by atoms with Crippen LogP contribution in [0.1, 0.15) is 39.3 Å². The topological polar surface area (TPSA) is 114 Å².